The molecule has 2 nitrogen and oxygen atoms in total. The molecule has 3 unspecified atom stereocenters. The van der Waals surface area contributed by atoms with Crippen LogP contribution in [0.15, 0.2) is 13.2 Å². The third-order valence-electron chi connectivity index (χ3n) is 2.78. The van der Waals surface area contributed by atoms with Gasteiger partial charge in [0, 0.05) is 12.3 Å². The number of ketones is 1. The number of hydrogen-bond acceptors (Lipinski definition) is 2. The average molecular weight is 163 g/mol. The van der Waals surface area contributed by atoms with Gasteiger partial charge in [-0.05, 0) is 18.8 Å². The monoisotopic (exact) mass is 163 g/mol. The van der Waals surface area contributed by atoms with Crippen molar-refractivity contribution in [2.75, 3.05) is 0 Å². The second kappa shape index (κ2) is 3.53. The number of carbonyl (C=O) groups is 1. The summed E-state index contributed by atoms with van der Waals surface area (Å²) >= 11 is 0. The highest BCUT2D eigenvalue weighted by molar-refractivity contribution is 5.84. The van der Waals surface area contributed by atoms with Gasteiger partial charge in [0.05, 0.1) is 12.0 Å². The van der Waals surface area contributed by atoms with Crippen LogP contribution in [0, 0.1) is 29.1 Å². The second-order valence-electron chi connectivity index (χ2n) is 3.33. The van der Waals surface area contributed by atoms with Crippen LogP contribution in [0.2, 0.25) is 0 Å². The molecule has 2 bridgehead atoms. The van der Waals surface area contributed by atoms with E-state index >= 15 is 0 Å². The van der Waals surface area contributed by atoms with E-state index in [4.69, 9.17) is 5.26 Å². The molecule has 2 rings (SSSR count). The van der Waals surface area contributed by atoms with E-state index in [0.717, 1.165) is 12.8 Å². The van der Waals surface area contributed by atoms with Crippen molar-refractivity contribution in [2.45, 2.75) is 19.3 Å². The Labute approximate surface area is 72.9 Å². The molecule has 0 aromatic rings. The number of nitrogens with zero attached hydrogens (tertiary/aromatic N) is 1. The average Bonchev–Trinajstić information content (AvgIpc) is 2.65. The van der Waals surface area contributed by atoms with Crippen LogP contribution in [0.4, 0.5) is 0 Å². The van der Waals surface area contributed by atoms with Crippen LogP contribution in [-0.4, -0.2) is 5.78 Å². The molecule has 2 saturated carbocycles. The van der Waals surface area contributed by atoms with Crippen molar-refractivity contribution >= 4 is 5.78 Å². The SMILES string of the molecule is C=C.N#CC1CC2CC1CC2=O. The van der Waals surface area contributed by atoms with Crippen LogP contribution >= 0.6 is 0 Å². The number of fused-ring (bicyclic) bond motifs is 2. The standard InChI is InChI=1S/C8H9NO.C2H4/c9-4-7-2-6-1-5(7)3-8(6)10;1-2/h5-7H,1-3H2;1-2H2. The molecule has 0 aliphatic heterocycles. The minimum Gasteiger partial charge on any atom is -0.299 e. The normalized spacial score (nSPS) is 36.9. The van der Waals surface area contributed by atoms with Crippen LogP contribution in [0.5, 0.6) is 0 Å². The molecule has 0 aromatic carbocycles. The van der Waals surface area contributed by atoms with Crippen molar-refractivity contribution in [2.24, 2.45) is 17.8 Å². The second-order valence-corrected chi connectivity index (χ2v) is 3.33. The topological polar surface area (TPSA) is 40.9 Å². The fourth-order valence-electron chi connectivity index (χ4n) is 2.20. The molecular weight excluding hydrogens is 150 g/mol. The molecule has 0 aromatic heterocycles. The first kappa shape index (κ1) is 8.99. The maximum Gasteiger partial charge on any atom is 0.136 e. The quantitative estimate of drug-likeness (QED) is 0.512. The maximum atomic E-state index is 11.0. The fourth-order valence-corrected chi connectivity index (χ4v) is 2.20. The van der Waals surface area contributed by atoms with E-state index in [0.29, 0.717) is 18.1 Å². The smallest absolute Gasteiger partial charge is 0.136 e. The highest BCUT2D eigenvalue weighted by atomic mass is 16.1. The van der Waals surface area contributed by atoms with E-state index < -0.39 is 0 Å². The summed E-state index contributed by atoms with van der Waals surface area (Å²) in [5.41, 5.74) is 0. The molecule has 64 valence electrons. The zero-order valence-corrected chi connectivity index (χ0v) is 7.12. The lowest BCUT2D eigenvalue weighted by Gasteiger charge is -2.12. The number of Topliss-reactive ketones (excluding diaryl/α,β-unsaturated/α-hetero) is 1. The first-order valence-electron chi connectivity index (χ1n) is 4.23. The van der Waals surface area contributed by atoms with Gasteiger partial charge in [0.1, 0.15) is 5.78 Å². The van der Waals surface area contributed by atoms with E-state index in [1.807, 2.05) is 0 Å². The van der Waals surface area contributed by atoms with Crippen molar-refractivity contribution < 1.29 is 4.79 Å². The minimum absolute atomic E-state index is 0.197. The van der Waals surface area contributed by atoms with Crippen molar-refractivity contribution in [3.8, 4) is 6.07 Å². The summed E-state index contributed by atoms with van der Waals surface area (Å²) in [6.45, 7) is 6.00. The fraction of sp³-hybridized carbons (Fsp3) is 0.600. The van der Waals surface area contributed by atoms with Crippen molar-refractivity contribution in [1.82, 2.24) is 0 Å². The van der Waals surface area contributed by atoms with Gasteiger partial charge in [-0.1, -0.05) is 0 Å². The lowest BCUT2D eigenvalue weighted by Crippen LogP contribution is -2.15. The lowest BCUT2D eigenvalue weighted by atomic mass is 9.89. The first-order chi connectivity index (χ1) is 5.81. The summed E-state index contributed by atoms with van der Waals surface area (Å²) in [7, 11) is 0. The third kappa shape index (κ3) is 1.27. The summed E-state index contributed by atoms with van der Waals surface area (Å²) in [5, 5.41) is 8.61. The molecule has 12 heavy (non-hydrogen) atoms. The Balaban J connectivity index is 0.000000336. The number of carbonyl (C=O) groups excluding carboxylic acids is 1. The molecule has 2 aliphatic rings. The van der Waals surface area contributed by atoms with Crippen molar-refractivity contribution in [3.05, 3.63) is 13.2 Å². The minimum atomic E-state index is 0.197. The molecule has 0 spiro atoms. The predicted octanol–water partition coefficient (Wildman–Crippen LogP) is 1.93. The van der Waals surface area contributed by atoms with Gasteiger partial charge in [0.25, 0.3) is 0 Å². The Bertz CT molecular complexity index is 228. The molecule has 0 saturated heterocycles. The maximum absolute atomic E-state index is 11.0. The van der Waals surface area contributed by atoms with Gasteiger partial charge in [-0.15, -0.1) is 13.2 Å². The largest absolute Gasteiger partial charge is 0.299 e. The Morgan fingerprint density at radius 1 is 1.42 bits per heavy atom. The Hall–Kier alpha value is -1.10. The highest BCUT2D eigenvalue weighted by Gasteiger charge is 2.44. The molecule has 2 fully saturated rings. The van der Waals surface area contributed by atoms with Gasteiger partial charge in [0.15, 0.2) is 0 Å². The third-order valence-corrected chi connectivity index (χ3v) is 2.78. The highest BCUT2D eigenvalue weighted by Crippen LogP contribution is 2.45. The van der Waals surface area contributed by atoms with Gasteiger partial charge < -0.3 is 0 Å². The summed E-state index contributed by atoms with van der Waals surface area (Å²) in [6, 6.07) is 2.26. The van der Waals surface area contributed by atoms with Crippen molar-refractivity contribution in [3.63, 3.8) is 0 Å². The van der Waals surface area contributed by atoms with Crippen molar-refractivity contribution in [1.29, 1.82) is 5.26 Å². The predicted molar refractivity (Wildman–Crippen MR) is 46.2 cm³/mol. The van der Waals surface area contributed by atoms with E-state index in [1.54, 1.807) is 0 Å². The number of nitriles is 1. The molecule has 0 heterocycles. The zero-order chi connectivity index (χ0) is 9.14. The Morgan fingerprint density at radius 2 is 2.08 bits per heavy atom. The molecule has 0 amide bonds. The van der Waals surface area contributed by atoms with Gasteiger partial charge in [0.2, 0.25) is 0 Å². The molecule has 3 atom stereocenters. The zero-order valence-electron chi connectivity index (χ0n) is 7.12. The summed E-state index contributed by atoms with van der Waals surface area (Å²) in [4.78, 5) is 11.0. The number of rotatable bonds is 0. The van der Waals surface area contributed by atoms with E-state index in [9.17, 15) is 4.79 Å². The lowest BCUT2D eigenvalue weighted by molar-refractivity contribution is -0.122. The van der Waals surface area contributed by atoms with Gasteiger partial charge in [-0.3, -0.25) is 4.79 Å². The summed E-state index contributed by atoms with van der Waals surface area (Å²) in [6.07, 6.45) is 2.53. The van der Waals surface area contributed by atoms with Gasteiger partial charge in [-0.25, -0.2) is 0 Å². The van der Waals surface area contributed by atoms with E-state index in [2.05, 4.69) is 19.2 Å². The Morgan fingerprint density at radius 3 is 2.42 bits per heavy atom. The molecule has 0 radical (unpaired) electrons. The van der Waals surface area contributed by atoms with Crippen LogP contribution in [0.3, 0.4) is 0 Å². The number of hydrogen-bond donors (Lipinski definition) is 0. The molecule has 2 aliphatic carbocycles. The van der Waals surface area contributed by atoms with Crippen LogP contribution < -0.4 is 0 Å². The van der Waals surface area contributed by atoms with E-state index in [1.165, 1.54) is 0 Å². The summed E-state index contributed by atoms with van der Waals surface area (Å²) in [5.74, 6) is 1.27. The molecular formula is C10H13NO. The van der Waals surface area contributed by atoms with Gasteiger partial charge >= 0.3 is 0 Å². The Kier molecular flexibility index (Phi) is 2.65. The van der Waals surface area contributed by atoms with E-state index in [-0.39, 0.29) is 11.8 Å². The van der Waals surface area contributed by atoms with Crippen LogP contribution in [0.1, 0.15) is 19.3 Å². The van der Waals surface area contributed by atoms with Gasteiger partial charge in [-0.2, -0.15) is 5.26 Å². The molecule has 0 N–H and O–H groups in total. The van der Waals surface area contributed by atoms with Crippen LogP contribution in [-0.2, 0) is 4.79 Å². The van der Waals surface area contributed by atoms with Crippen LogP contribution in [0.25, 0.3) is 0 Å². The summed E-state index contributed by atoms with van der Waals surface area (Å²) < 4.78 is 0. The molecule has 2 heteroatoms. The first-order valence-corrected chi connectivity index (χ1v) is 4.23.